The molecule has 0 unspecified atom stereocenters. The van der Waals surface area contributed by atoms with E-state index in [0.29, 0.717) is 23.8 Å². The first kappa shape index (κ1) is 15.6. The Kier molecular flexibility index (Phi) is 6.49. The number of thioether (sulfide) groups is 1. The Labute approximate surface area is 116 Å². The maximum Gasteiger partial charge on any atom is 0.349 e. The van der Waals surface area contributed by atoms with E-state index in [9.17, 15) is 9.90 Å². The number of hydrogen-bond acceptors (Lipinski definition) is 6. The van der Waals surface area contributed by atoms with E-state index in [1.165, 1.54) is 6.07 Å². The van der Waals surface area contributed by atoms with Crippen LogP contribution in [-0.4, -0.2) is 23.2 Å². The minimum atomic E-state index is -0.590. The summed E-state index contributed by atoms with van der Waals surface area (Å²) in [6.07, 6.45) is 1.05. The molecule has 0 aliphatic carbocycles. The van der Waals surface area contributed by atoms with Gasteiger partial charge in [-0.15, -0.1) is 0 Å². The van der Waals surface area contributed by atoms with E-state index >= 15 is 0 Å². The van der Waals surface area contributed by atoms with Gasteiger partial charge in [-0.3, -0.25) is 0 Å². The van der Waals surface area contributed by atoms with Crippen LogP contribution < -0.4 is 5.63 Å². The monoisotopic (exact) mass is 285 g/mol. The zero-order chi connectivity index (χ0) is 14.3. The first-order valence-corrected chi connectivity index (χ1v) is 7.36. The van der Waals surface area contributed by atoms with Gasteiger partial charge in [0.2, 0.25) is 0 Å². The summed E-state index contributed by atoms with van der Waals surface area (Å²) in [4.78, 5) is 16.7. The third kappa shape index (κ3) is 4.63. The molecule has 1 heterocycles. The molecule has 1 rings (SSSR count). The maximum atomic E-state index is 11.8. The van der Waals surface area contributed by atoms with Crippen molar-refractivity contribution >= 4 is 17.5 Å². The van der Waals surface area contributed by atoms with Crippen LogP contribution in [0.15, 0.2) is 20.4 Å². The van der Waals surface area contributed by atoms with Gasteiger partial charge in [-0.1, -0.05) is 12.1 Å². The van der Waals surface area contributed by atoms with Crippen molar-refractivity contribution in [1.82, 2.24) is 0 Å². The third-order valence-electron chi connectivity index (χ3n) is 2.27. The largest absolute Gasteiger partial charge is 0.507 e. The molecule has 0 spiro atoms. The zero-order valence-electron chi connectivity index (χ0n) is 11.4. The van der Waals surface area contributed by atoms with Gasteiger partial charge in [-0.25, -0.2) is 4.79 Å². The van der Waals surface area contributed by atoms with Crippen LogP contribution in [-0.2, 0) is 10.6 Å². The molecule has 1 N–H and O–H groups in total. The molecule has 0 radical (unpaired) electrons. The molecule has 5 nitrogen and oxygen atoms in total. The lowest BCUT2D eigenvalue weighted by molar-refractivity contribution is 0.158. The van der Waals surface area contributed by atoms with Crippen LogP contribution in [0.1, 0.15) is 38.5 Å². The van der Waals surface area contributed by atoms with Crippen LogP contribution in [0.25, 0.3) is 0 Å². The summed E-state index contributed by atoms with van der Waals surface area (Å²) in [7, 11) is 0. The zero-order valence-corrected chi connectivity index (χ0v) is 12.2. The molecular weight excluding hydrogens is 266 g/mol. The lowest BCUT2D eigenvalue weighted by Gasteiger charge is -2.05. The minimum absolute atomic E-state index is 0.0534. The fraction of sp³-hybridized carbons (Fsp3) is 0.538. The van der Waals surface area contributed by atoms with Crippen molar-refractivity contribution < 1.29 is 14.4 Å². The standard InChI is InChI=1S/C13H19NO4S/c1-4-6-19-8-10-7-11(15)12(13(16)18-10)9(3)14-17-5-2/h7,15H,4-6,8H2,1-3H3/b14-9+. The summed E-state index contributed by atoms with van der Waals surface area (Å²) in [6, 6.07) is 1.46. The van der Waals surface area contributed by atoms with Crippen molar-refractivity contribution in [3.8, 4) is 5.75 Å². The molecule has 106 valence electrons. The van der Waals surface area contributed by atoms with Crippen LogP contribution in [0.2, 0.25) is 0 Å². The van der Waals surface area contributed by atoms with Crippen molar-refractivity contribution in [2.45, 2.75) is 32.9 Å². The lowest BCUT2D eigenvalue weighted by atomic mass is 10.2. The van der Waals surface area contributed by atoms with E-state index in [2.05, 4.69) is 12.1 Å². The summed E-state index contributed by atoms with van der Waals surface area (Å²) in [5.74, 6) is 1.90. The highest BCUT2D eigenvalue weighted by molar-refractivity contribution is 7.98. The Morgan fingerprint density at radius 2 is 2.26 bits per heavy atom. The van der Waals surface area contributed by atoms with Crippen LogP contribution in [0.5, 0.6) is 5.75 Å². The molecule has 1 aromatic heterocycles. The SMILES string of the molecule is CCCSCc1cc(O)c(/C(C)=N/OCC)c(=O)o1. The minimum Gasteiger partial charge on any atom is -0.507 e. The molecule has 0 saturated heterocycles. The average Bonchev–Trinajstić information content (AvgIpc) is 2.36. The quantitative estimate of drug-likeness (QED) is 0.474. The molecule has 0 amide bonds. The van der Waals surface area contributed by atoms with Gasteiger partial charge in [-0.05, 0) is 26.0 Å². The smallest absolute Gasteiger partial charge is 0.349 e. The highest BCUT2D eigenvalue weighted by Gasteiger charge is 2.14. The second-order valence-electron chi connectivity index (χ2n) is 3.91. The van der Waals surface area contributed by atoms with Crippen LogP contribution in [0, 0.1) is 0 Å². The molecule has 6 heteroatoms. The van der Waals surface area contributed by atoms with Crippen LogP contribution >= 0.6 is 11.8 Å². The van der Waals surface area contributed by atoms with Crippen molar-refractivity contribution in [1.29, 1.82) is 0 Å². The Hall–Kier alpha value is -1.43. The topological polar surface area (TPSA) is 72.0 Å². The highest BCUT2D eigenvalue weighted by atomic mass is 32.2. The summed E-state index contributed by atoms with van der Waals surface area (Å²) < 4.78 is 5.16. The summed E-state index contributed by atoms with van der Waals surface area (Å²) >= 11 is 1.65. The van der Waals surface area contributed by atoms with Crippen LogP contribution in [0.4, 0.5) is 0 Å². The van der Waals surface area contributed by atoms with E-state index in [1.54, 1.807) is 25.6 Å². The van der Waals surface area contributed by atoms with E-state index < -0.39 is 5.63 Å². The van der Waals surface area contributed by atoms with Gasteiger partial charge in [0, 0.05) is 6.07 Å². The molecular formula is C13H19NO4S. The lowest BCUT2D eigenvalue weighted by Crippen LogP contribution is -2.14. The van der Waals surface area contributed by atoms with E-state index in [0.717, 1.165) is 12.2 Å². The first-order chi connectivity index (χ1) is 9.10. The Balaban J connectivity index is 2.94. The predicted molar refractivity (Wildman–Crippen MR) is 76.9 cm³/mol. The third-order valence-corrected chi connectivity index (χ3v) is 3.45. The fourth-order valence-electron chi connectivity index (χ4n) is 1.46. The number of aromatic hydroxyl groups is 1. The van der Waals surface area contributed by atoms with E-state index in [1.807, 2.05) is 0 Å². The molecule has 0 atom stereocenters. The molecule has 1 aromatic rings. The summed E-state index contributed by atoms with van der Waals surface area (Å²) in [5, 5.41) is 13.6. The number of nitrogens with zero attached hydrogens (tertiary/aromatic N) is 1. The molecule has 0 aromatic carbocycles. The Bertz CT molecular complexity index is 496. The van der Waals surface area contributed by atoms with Gasteiger partial charge < -0.3 is 14.4 Å². The Morgan fingerprint density at radius 1 is 1.53 bits per heavy atom. The molecule has 19 heavy (non-hydrogen) atoms. The van der Waals surface area contributed by atoms with Gasteiger partial charge in [-0.2, -0.15) is 11.8 Å². The van der Waals surface area contributed by atoms with Gasteiger partial charge in [0.25, 0.3) is 0 Å². The van der Waals surface area contributed by atoms with Gasteiger partial charge in [0.1, 0.15) is 23.7 Å². The summed E-state index contributed by atoms with van der Waals surface area (Å²) in [6.45, 7) is 5.85. The normalized spacial score (nSPS) is 11.6. The molecule has 0 bridgehead atoms. The molecule has 0 fully saturated rings. The number of hydrogen-bond donors (Lipinski definition) is 1. The predicted octanol–water partition coefficient (Wildman–Crippen LogP) is 2.75. The number of rotatable bonds is 7. The fourth-order valence-corrected chi connectivity index (χ4v) is 2.23. The summed E-state index contributed by atoms with van der Waals surface area (Å²) in [5.41, 5.74) is -0.230. The van der Waals surface area contributed by atoms with Gasteiger partial charge in [0.05, 0.1) is 11.5 Å². The molecule has 0 saturated carbocycles. The second kappa shape index (κ2) is 7.89. The van der Waals surface area contributed by atoms with Crippen molar-refractivity contribution in [2.75, 3.05) is 12.4 Å². The van der Waals surface area contributed by atoms with E-state index in [4.69, 9.17) is 9.25 Å². The number of oxime groups is 1. The molecule has 0 aliphatic heterocycles. The van der Waals surface area contributed by atoms with Crippen molar-refractivity contribution in [3.05, 3.63) is 27.8 Å². The first-order valence-electron chi connectivity index (χ1n) is 6.20. The van der Waals surface area contributed by atoms with Gasteiger partial charge in [0.15, 0.2) is 0 Å². The molecule has 0 aliphatic rings. The van der Waals surface area contributed by atoms with Crippen molar-refractivity contribution in [2.24, 2.45) is 5.16 Å². The van der Waals surface area contributed by atoms with Crippen molar-refractivity contribution in [3.63, 3.8) is 0 Å². The van der Waals surface area contributed by atoms with Crippen LogP contribution in [0.3, 0.4) is 0 Å². The average molecular weight is 285 g/mol. The van der Waals surface area contributed by atoms with E-state index in [-0.39, 0.29) is 11.3 Å². The maximum absolute atomic E-state index is 11.8. The second-order valence-corrected chi connectivity index (χ2v) is 5.01. The highest BCUT2D eigenvalue weighted by Crippen LogP contribution is 2.19. The Morgan fingerprint density at radius 3 is 2.84 bits per heavy atom. The van der Waals surface area contributed by atoms with Gasteiger partial charge >= 0.3 is 5.63 Å².